The number of phenolic OH excluding ortho intramolecular Hbond substituents is 1. The Bertz CT molecular complexity index is 660. The Morgan fingerprint density at radius 1 is 1.25 bits per heavy atom. The maximum absolute atomic E-state index is 12.0. The van der Waals surface area contributed by atoms with E-state index in [4.69, 9.17) is 0 Å². The van der Waals surface area contributed by atoms with Gasteiger partial charge in [-0.05, 0) is 38.1 Å². The van der Waals surface area contributed by atoms with Crippen LogP contribution in [0.2, 0.25) is 0 Å². The average molecular weight is 273 g/mol. The summed E-state index contributed by atoms with van der Waals surface area (Å²) in [4.78, 5) is 21.6. The molecule has 20 heavy (non-hydrogen) atoms. The van der Waals surface area contributed by atoms with Crippen LogP contribution in [0.5, 0.6) is 5.75 Å². The van der Waals surface area contributed by atoms with Gasteiger partial charge in [0.15, 0.2) is 0 Å². The zero-order chi connectivity index (χ0) is 13.9. The number of rotatable bonds is 3. The van der Waals surface area contributed by atoms with Gasteiger partial charge >= 0.3 is 0 Å². The maximum Gasteiger partial charge on any atom is 0.258 e. The van der Waals surface area contributed by atoms with Gasteiger partial charge < -0.3 is 15.0 Å². The normalized spacial score (nSPS) is 16.6. The molecule has 0 saturated carbocycles. The van der Waals surface area contributed by atoms with Gasteiger partial charge in [0.05, 0.1) is 5.39 Å². The number of aromatic nitrogens is 2. The van der Waals surface area contributed by atoms with Crippen molar-refractivity contribution in [2.75, 3.05) is 19.6 Å². The average Bonchev–Trinajstić information content (AvgIpc) is 2.47. The highest BCUT2D eigenvalue weighted by Crippen LogP contribution is 2.19. The third-order valence-electron chi connectivity index (χ3n) is 3.88. The zero-order valence-corrected chi connectivity index (χ0v) is 11.4. The molecule has 1 aliphatic rings. The molecule has 0 aliphatic carbocycles. The van der Waals surface area contributed by atoms with Crippen molar-refractivity contribution in [1.82, 2.24) is 14.9 Å². The zero-order valence-electron chi connectivity index (χ0n) is 11.4. The van der Waals surface area contributed by atoms with Gasteiger partial charge in [-0.25, -0.2) is 4.98 Å². The largest absolute Gasteiger partial charge is 0.506 e. The molecule has 5 heteroatoms. The standard InChI is InChI=1S/C15H19N3O2/c19-12-6-4-5-11-14(12)16-13(17-15(11)20)7-10-18-8-2-1-3-9-18/h4-6,19H,1-3,7-10H2,(H,16,17,20). The van der Waals surface area contributed by atoms with Crippen LogP contribution in [0.15, 0.2) is 23.0 Å². The lowest BCUT2D eigenvalue weighted by Gasteiger charge is -2.26. The van der Waals surface area contributed by atoms with Crippen LogP contribution in [0.4, 0.5) is 0 Å². The van der Waals surface area contributed by atoms with E-state index in [-0.39, 0.29) is 11.3 Å². The summed E-state index contributed by atoms with van der Waals surface area (Å²) in [6, 6.07) is 4.89. The molecule has 1 aromatic heterocycles. The molecule has 0 spiro atoms. The molecule has 0 amide bonds. The first kappa shape index (κ1) is 13.1. The van der Waals surface area contributed by atoms with Gasteiger partial charge in [-0.15, -0.1) is 0 Å². The fourth-order valence-corrected chi connectivity index (χ4v) is 2.76. The minimum atomic E-state index is -0.181. The summed E-state index contributed by atoms with van der Waals surface area (Å²) < 4.78 is 0. The molecule has 5 nitrogen and oxygen atoms in total. The molecule has 2 aromatic rings. The topological polar surface area (TPSA) is 69.2 Å². The third-order valence-corrected chi connectivity index (χ3v) is 3.88. The first-order valence-electron chi connectivity index (χ1n) is 7.17. The van der Waals surface area contributed by atoms with E-state index in [1.165, 1.54) is 19.3 Å². The molecule has 106 valence electrons. The number of aromatic amines is 1. The van der Waals surface area contributed by atoms with E-state index in [1.54, 1.807) is 18.2 Å². The minimum Gasteiger partial charge on any atom is -0.506 e. The Kier molecular flexibility index (Phi) is 3.69. The molecule has 0 unspecified atom stereocenters. The Hall–Kier alpha value is -1.88. The highest BCUT2D eigenvalue weighted by atomic mass is 16.3. The summed E-state index contributed by atoms with van der Waals surface area (Å²) in [6.07, 6.45) is 4.53. The second-order valence-corrected chi connectivity index (χ2v) is 5.34. The fourth-order valence-electron chi connectivity index (χ4n) is 2.76. The van der Waals surface area contributed by atoms with Gasteiger partial charge in [0, 0.05) is 13.0 Å². The van der Waals surface area contributed by atoms with Crippen LogP contribution >= 0.6 is 0 Å². The minimum absolute atomic E-state index is 0.0628. The summed E-state index contributed by atoms with van der Waals surface area (Å²) in [5, 5.41) is 10.2. The molecule has 2 N–H and O–H groups in total. The number of para-hydroxylation sites is 1. The van der Waals surface area contributed by atoms with Crippen molar-refractivity contribution in [3.8, 4) is 5.75 Å². The molecule has 1 saturated heterocycles. The molecule has 1 fully saturated rings. The van der Waals surface area contributed by atoms with Crippen LogP contribution in [0, 0.1) is 0 Å². The van der Waals surface area contributed by atoms with Crippen LogP contribution in [0.25, 0.3) is 10.9 Å². The Morgan fingerprint density at radius 2 is 2.05 bits per heavy atom. The van der Waals surface area contributed by atoms with E-state index >= 15 is 0 Å². The van der Waals surface area contributed by atoms with Crippen LogP contribution in [-0.2, 0) is 6.42 Å². The Labute approximate surface area is 117 Å². The molecule has 1 aliphatic heterocycles. The van der Waals surface area contributed by atoms with Crippen molar-refractivity contribution >= 4 is 10.9 Å². The summed E-state index contributed by atoms with van der Waals surface area (Å²) in [5.41, 5.74) is 0.212. The number of likely N-dealkylation sites (tertiary alicyclic amines) is 1. The lowest BCUT2D eigenvalue weighted by molar-refractivity contribution is 0.230. The van der Waals surface area contributed by atoms with E-state index in [1.807, 2.05) is 0 Å². The number of hydrogen-bond donors (Lipinski definition) is 2. The van der Waals surface area contributed by atoms with Crippen molar-refractivity contribution in [1.29, 1.82) is 0 Å². The fraction of sp³-hybridized carbons (Fsp3) is 0.467. The Morgan fingerprint density at radius 3 is 2.85 bits per heavy atom. The highest BCUT2D eigenvalue weighted by Gasteiger charge is 2.12. The first-order valence-corrected chi connectivity index (χ1v) is 7.17. The molecule has 0 atom stereocenters. The van der Waals surface area contributed by atoms with Crippen LogP contribution in [-0.4, -0.2) is 39.6 Å². The smallest absolute Gasteiger partial charge is 0.258 e. The number of aromatic hydroxyl groups is 1. The predicted molar refractivity (Wildman–Crippen MR) is 78.0 cm³/mol. The van der Waals surface area contributed by atoms with Gasteiger partial charge in [-0.1, -0.05) is 12.5 Å². The predicted octanol–water partition coefficient (Wildman–Crippen LogP) is 1.66. The number of benzene rings is 1. The van der Waals surface area contributed by atoms with E-state index in [0.717, 1.165) is 19.6 Å². The number of hydrogen-bond acceptors (Lipinski definition) is 4. The van der Waals surface area contributed by atoms with Gasteiger partial charge in [0.25, 0.3) is 5.56 Å². The highest BCUT2D eigenvalue weighted by molar-refractivity contribution is 5.83. The quantitative estimate of drug-likeness (QED) is 0.892. The monoisotopic (exact) mass is 273 g/mol. The van der Waals surface area contributed by atoms with E-state index in [0.29, 0.717) is 23.1 Å². The number of piperidine rings is 1. The number of nitrogens with zero attached hydrogens (tertiary/aromatic N) is 2. The summed E-state index contributed by atoms with van der Waals surface area (Å²) in [7, 11) is 0. The molecule has 0 bridgehead atoms. The number of H-pyrrole nitrogens is 1. The van der Waals surface area contributed by atoms with Crippen LogP contribution < -0.4 is 5.56 Å². The van der Waals surface area contributed by atoms with Crippen LogP contribution in [0.1, 0.15) is 25.1 Å². The van der Waals surface area contributed by atoms with Crippen LogP contribution in [0.3, 0.4) is 0 Å². The SMILES string of the molecule is O=c1[nH]c(CCN2CCCCC2)nc2c(O)cccc12. The molecule has 3 rings (SSSR count). The Balaban J connectivity index is 1.81. The second kappa shape index (κ2) is 5.63. The number of phenols is 1. The van der Waals surface area contributed by atoms with Crippen molar-refractivity contribution in [3.63, 3.8) is 0 Å². The first-order chi connectivity index (χ1) is 9.74. The number of nitrogens with one attached hydrogen (secondary N) is 1. The van der Waals surface area contributed by atoms with Crippen molar-refractivity contribution < 1.29 is 5.11 Å². The lowest BCUT2D eigenvalue weighted by atomic mass is 10.1. The summed E-state index contributed by atoms with van der Waals surface area (Å²) in [5.74, 6) is 0.711. The van der Waals surface area contributed by atoms with Gasteiger partial charge in [0.2, 0.25) is 0 Å². The van der Waals surface area contributed by atoms with Gasteiger partial charge in [0.1, 0.15) is 17.1 Å². The summed E-state index contributed by atoms with van der Waals surface area (Å²) >= 11 is 0. The van der Waals surface area contributed by atoms with E-state index in [2.05, 4.69) is 14.9 Å². The summed E-state index contributed by atoms with van der Waals surface area (Å²) in [6.45, 7) is 3.16. The molecular formula is C15H19N3O2. The van der Waals surface area contributed by atoms with E-state index < -0.39 is 0 Å². The lowest BCUT2D eigenvalue weighted by Crippen LogP contribution is -2.32. The van der Waals surface area contributed by atoms with Crippen molar-refractivity contribution in [2.24, 2.45) is 0 Å². The molecule has 1 aromatic carbocycles. The van der Waals surface area contributed by atoms with Gasteiger partial charge in [-0.3, -0.25) is 4.79 Å². The molecule has 0 radical (unpaired) electrons. The van der Waals surface area contributed by atoms with Crippen molar-refractivity contribution in [3.05, 3.63) is 34.4 Å². The molecular weight excluding hydrogens is 254 g/mol. The second-order valence-electron chi connectivity index (χ2n) is 5.34. The number of fused-ring (bicyclic) bond motifs is 1. The molecule has 2 heterocycles. The third kappa shape index (κ3) is 2.67. The maximum atomic E-state index is 12.0. The van der Waals surface area contributed by atoms with Gasteiger partial charge in [-0.2, -0.15) is 0 Å². The van der Waals surface area contributed by atoms with Crippen molar-refractivity contribution in [2.45, 2.75) is 25.7 Å². The van der Waals surface area contributed by atoms with E-state index in [9.17, 15) is 9.90 Å².